The highest BCUT2D eigenvalue weighted by Gasteiger charge is 2.48. The molecule has 2 aliphatic rings. The van der Waals surface area contributed by atoms with Gasteiger partial charge in [-0.1, -0.05) is 48.5 Å². The monoisotopic (exact) mass is 450 g/mol. The normalized spacial score (nSPS) is 19.4. The minimum absolute atomic E-state index is 0.205. The van der Waals surface area contributed by atoms with Gasteiger partial charge in [0.15, 0.2) is 0 Å². The fraction of sp³-hybridized carbons (Fsp3) is 0.290. The van der Waals surface area contributed by atoms with E-state index in [1.54, 1.807) is 14.2 Å². The van der Waals surface area contributed by atoms with Gasteiger partial charge in [-0.15, -0.1) is 0 Å². The average Bonchev–Trinajstić information content (AvgIpc) is 2.86. The second kappa shape index (κ2) is 7.53. The molecule has 1 heterocycles. The maximum absolute atomic E-state index is 6.49. The largest absolute Gasteiger partial charge is 0.497 e. The lowest BCUT2D eigenvalue weighted by Gasteiger charge is -2.48. The van der Waals surface area contributed by atoms with Gasteiger partial charge in [-0.2, -0.15) is 0 Å². The quantitative estimate of drug-likeness (QED) is 0.328. The van der Waals surface area contributed by atoms with E-state index >= 15 is 0 Å². The molecule has 0 fully saturated rings. The fourth-order valence-corrected chi connectivity index (χ4v) is 6.39. The van der Waals surface area contributed by atoms with Crippen LogP contribution in [0, 0.1) is 0 Å². The second-order valence-electron chi connectivity index (χ2n) is 10.2. The van der Waals surface area contributed by atoms with E-state index in [2.05, 4.69) is 92.7 Å². The van der Waals surface area contributed by atoms with E-state index in [-0.39, 0.29) is 11.0 Å². The Morgan fingerprint density at radius 1 is 0.735 bits per heavy atom. The van der Waals surface area contributed by atoms with Crippen molar-refractivity contribution in [3.05, 3.63) is 101 Å². The molecule has 34 heavy (non-hydrogen) atoms. The van der Waals surface area contributed by atoms with Crippen LogP contribution in [0.5, 0.6) is 17.2 Å². The van der Waals surface area contributed by atoms with Crippen molar-refractivity contribution in [2.75, 3.05) is 14.2 Å². The molecule has 0 aromatic heterocycles. The van der Waals surface area contributed by atoms with E-state index in [0.29, 0.717) is 5.92 Å². The standard InChI is InChI=1S/C31H30O3/c1-30(2)18-21-19-31(22-9-13-24(32-3)14-10-22,23-11-15-25(33-4)16-12-23)26-7-5-6-20-8-17-27(34-30)29(21)28(20)26/h5-17,21H,18-19H2,1-4H3. The molecule has 1 aliphatic heterocycles. The summed E-state index contributed by atoms with van der Waals surface area (Å²) in [6.07, 6.45) is 1.98. The van der Waals surface area contributed by atoms with Gasteiger partial charge in [-0.05, 0) is 90.4 Å². The maximum atomic E-state index is 6.49. The van der Waals surface area contributed by atoms with Crippen LogP contribution >= 0.6 is 0 Å². The lowest BCUT2D eigenvalue weighted by molar-refractivity contribution is 0.0679. The first-order chi connectivity index (χ1) is 16.4. The predicted octanol–water partition coefficient (Wildman–Crippen LogP) is 7.24. The molecule has 0 radical (unpaired) electrons. The van der Waals surface area contributed by atoms with Crippen LogP contribution in [0.15, 0.2) is 78.9 Å². The molecular formula is C31H30O3. The summed E-state index contributed by atoms with van der Waals surface area (Å²) in [4.78, 5) is 0. The van der Waals surface area contributed by atoms with Crippen molar-refractivity contribution >= 4 is 10.8 Å². The van der Waals surface area contributed by atoms with Gasteiger partial charge in [-0.3, -0.25) is 0 Å². The molecule has 4 aromatic rings. The van der Waals surface area contributed by atoms with Crippen LogP contribution in [0.3, 0.4) is 0 Å². The Morgan fingerprint density at radius 3 is 1.94 bits per heavy atom. The maximum Gasteiger partial charge on any atom is 0.124 e. The number of benzene rings is 4. The highest BCUT2D eigenvalue weighted by Crippen LogP contribution is 2.59. The molecule has 0 N–H and O–H groups in total. The highest BCUT2D eigenvalue weighted by atomic mass is 16.5. The van der Waals surface area contributed by atoms with Gasteiger partial charge >= 0.3 is 0 Å². The van der Waals surface area contributed by atoms with Gasteiger partial charge in [0.2, 0.25) is 0 Å². The first-order valence-electron chi connectivity index (χ1n) is 12.0. The van der Waals surface area contributed by atoms with Crippen LogP contribution < -0.4 is 14.2 Å². The molecule has 0 saturated carbocycles. The Morgan fingerprint density at radius 2 is 1.35 bits per heavy atom. The third-order valence-electron chi connectivity index (χ3n) is 7.76. The Kier molecular flexibility index (Phi) is 4.67. The molecule has 3 nitrogen and oxygen atoms in total. The molecule has 1 atom stereocenters. The SMILES string of the molecule is COc1ccc(C2(c3ccc(OC)cc3)CC3CC(C)(C)Oc4ccc5cccc2c5c43)cc1. The van der Waals surface area contributed by atoms with Crippen LogP contribution in [0.1, 0.15) is 54.9 Å². The van der Waals surface area contributed by atoms with Crippen LogP contribution in [-0.2, 0) is 5.41 Å². The molecule has 0 spiro atoms. The Labute approximate surface area is 201 Å². The lowest BCUT2D eigenvalue weighted by Crippen LogP contribution is -2.41. The Bertz CT molecular complexity index is 1320. The molecule has 1 unspecified atom stereocenters. The molecule has 0 amide bonds. The van der Waals surface area contributed by atoms with Crippen LogP contribution in [0.25, 0.3) is 10.8 Å². The van der Waals surface area contributed by atoms with E-state index in [0.717, 1.165) is 30.1 Å². The smallest absolute Gasteiger partial charge is 0.124 e. The van der Waals surface area contributed by atoms with E-state index in [1.165, 1.54) is 33.0 Å². The first-order valence-corrected chi connectivity index (χ1v) is 12.0. The Hall–Kier alpha value is -3.46. The number of hydrogen-bond acceptors (Lipinski definition) is 3. The van der Waals surface area contributed by atoms with Crippen molar-refractivity contribution in [2.45, 2.75) is 43.6 Å². The highest BCUT2D eigenvalue weighted by molar-refractivity contribution is 5.94. The topological polar surface area (TPSA) is 27.7 Å². The molecule has 0 saturated heterocycles. The summed E-state index contributed by atoms with van der Waals surface area (Å²) in [5.41, 5.74) is 4.80. The lowest BCUT2D eigenvalue weighted by atomic mass is 9.58. The van der Waals surface area contributed by atoms with E-state index in [4.69, 9.17) is 14.2 Å². The van der Waals surface area contributed by atoms with Crippen LogP contribution in [0.4, 0.5) is 0 Å². The van der Waals surface area contributed by atoms with Crippen molar-refractivity contribution in [2.24, 2.45) is 0 Å². The van der Waals surface area contributed by atoms with Gasteiger partial charge in [0.1, 0.15) is 22.8 Å². The van der Waals surface area contributed by atoms with E-state index in [9.17, 15) is 0 Å². The summed E-state index contributed by atoms with van der Waals surface area (Å²) >= 11 is 0. The molecule has 0 bridgehead atoms. The van der Waals surface area contributed by atoms with Crippen molar-refractivity contribution in [1.29, 1.82) is 0 Å². The number of ether oxygens (including phenoxy) is 3. The molecule has 172 valence electrons. The molecule has 4 aromatic carbocycles. The van der Waals surface area contributed by atoms with Crippen LogP contribution in [-0.4, -0.2) is 19.8 Å². The predicted molar refractivity (Wildman–Crippen MR) is 136 cm³/mol. The van der Waals surface area contributed by atoms with E-state index < -0.39 is 0 Å². The zero-order valence-electron chi connectivity index (χ0n) is 20.2. The summed E-state index contributed by atoms with van der Waals surface area (Å²) in [5.74, 6) is 3.18. The third kappa shape index (κ3) is 3.03. The number of rotatable bonds is 4. The summed E-state index contributed by atoms with van der Waals surface area (Å²) < 4.78 is 17.5. The minimum atomic E-state index is -0.290. The van der Waals surface area contributed by atoms with Crippen molar-refractivity contribution in [1.82, 2.24) is 0 Å². The summed E-state index contributed by atoms with van der Waals surface area (Å²) in [6.45, 7) is 4.42. The van der Waals surface area contributed by atoms with Gasteiger partial charge in [-0.25, -0.2) is 0 Å². The first kappa shape index (κ1) is 21.1. The average molecular weight is 451 g/mol. The number of methoxy groups -OCH3 is 2. The minimum Gasteiger partial charge on any atom is -0.497 e. The summed E-state index contributed by atoms with van der Waals surface area (Å²) in [6, 6.07) is 28.4. The molecule has 1 aliphatic carbocycles. The second-order valence-corrected chi connectivity index (χ2v) is 10.2. The van der Waals surface area contributed by atoms with Crippen molar-refractivity contribution < 1.29 is 14.2 Å². The summed E-state index contributed by atoms with van der Waals surface area (Å²) in [7, 11) is 3.44. The van der Waals surface area contributed by atoms with Gasteiger partial charge < -0.3 is 14.2 Å². The molecule has 3 heteroatoms. The molecular weight excluding hydrogens is 420 g/mol. The fourth-order valence-electron chi connectivity index (χ4n) is 6.39. The van der Waals surface area contributed by atoms with Gasteiger partial charge in [0, 0.05) is 11.0 Å². The van der Waals surface area contributed by atoms with Gasteiger partial charge in [0.25, 0.3) is 0 Å². The number of hydrogen-bond donors (Lipinski definition) is 0. The molecule has 6 rings (SSSR count). The van der Waals surface area contributed by atoms with Crippen molar-refractivity contribution in [3.8, 4) is 17.2 Å². The van der Waals surface area contributed by atoms with E-state index in [1.807, 2.05) is 0 Å². The Balaban J connectivity index is 1.70. The zero-order valence-corrected chi connectivity index (χ0v) is 20.2. The zero-order chi connectivity index (χ0) is 23.5. The van der Waals surface area contributed by atoms with Crippen LogP contribution in [0.2, 0.25) is 0 Å². The van der Waals surface area contributed by atoms with Gasteiger partial charge in [0.05, 0.1) is 14.2 Å². The summed E-state index contributed by atoms with van der Waals surface area (Å²) in [5, 5.41) is 2.62. The third-order valence-corrected chi connectivity index (χ3v) is 7.76. The van der Waals surface area contributed by atoms with Crippen molar-refractivity contribution in [3.63, 3.8) is 0 Å².